The smallest absolute Gasteiger partial charge is 0.190 e. The van der Waals surface area contributed by atoms with Crippen LogP contribution in [0.2, 0.25) is 0 Å². The maximum Gasteiger partial charge on any atom is 0.190 e. The van der Waals surface area contributed by atoms with E-state index >= 15 is 0 Å². The molecule has 5 nitrogen and oxygen atoms in total. The molecule has 1 heterocycles. The summed E-state index contributed by atoms with van der Waals surface area (Å²) < 4.78 is 5.18. The van der Waals surface area contributed by atoms with Crippen molar-refractivity contribution in [3.63, 3.8) is 0 Å². The molecule has 1 aliphatic rings. The van der Waals surface area contributed by atoms with E-state index in [-0.39, 0.29) is 0 Å². The Kier molecular flexibility index (Phi) is 7.89. The van der Waals surface area contributed by atoms with Crippen molar-refractivity contribution in [3.8, 4) is 5.75 Å². The van der Waals surface area contributed by atoms with Gasteiger partial charge in [-0.2, -0.15) is 0 Å². The molecule has 134 valence electrons. The zero-order valence-electron chi connectivity index (χ0n) is 15.3. The van der Waals surface area contributed by atoms with Gasteiger partial charge in [-0.05, 0) is 56.0 Å². The lowest BCUT2D eigenvalue weighted by atomic mass is 10.1. The average molecular weight is 332 g/mol. The van der Waals surface area contributed by atoms with E-state index < -0.39 is 0 Å². The molecule has 1 unspecified atom stereocenters. The maximum absolute atomic E-state index is 5.18. The third-order valence-corrected chi connectivity index (χ3v) is 4.48. The minimum Gasteiger partial charge on any atom is -0.497 e. The summed E-state index contributed by atoms with van der Waals surface area (Å²) in [6.45, 7) is 7.83. The number of guanidine groups is 1. The highest BCUT2D eigenvalue weighted by molar-refractivity contribution is 5.79. The minimum atomic E-state index is 0.628. The Morgan fingerprint density at radius 2 is 1.92 bits per heavy atom. The Morgan fingerprint density at radius 3 is 2.54 bits per heavy atom. The van der Waals surface area contributed by atoms with Gasteiger partial charge in [0.15, 0.2) is 5.96 Å². The number of benzene rings is 1. The van der Waals surface area contributed by atoms with Crippen LogP contribution in [0.1, 0.15) is 25.3 Å². The molecule has 1 aromatic carbocycles. The molecule has 0 radical (unpaired) electrons. The second kappa shape index (κ2) is 10.2. The monoisotopic (exact) mass is 332 g/mol. The van der Waals surface area contributed by atoms with Gasteiger partial charge in [-0.3, -0.25) is 4.99 Å². The number of aliphatic imine (C=N–C) groups is 1. The highest BCUT2D eigenvalue weighted by Crippen LogP contribution is 2.11. The molecular weight excluding hydrogens is 300 g/mol. The van der Waals surface area contributed by atoms with Crippen LogP contribution in [0, 0.1) is 5.92 Å². The number of ether oxygens (including phenoxy) is 1. The summed E-state index contributed by atoms with van der Waals surface area (Å²) in [6, 6.07) is 8.22. The van der Waals surface area contributed by atoms with Crippen molar-refractivity contribution in [3.05, 3.63) is 29.8 Å². The quantitative estimate of drug-likeness (QED) is 0.566. The van der Waals surface area contributed by atoms with Crippen molar-refractivity contribution in [1.82, 2.24) is 15.5 Å². The largest absolute Gasteiger partial charge is 0.497 e. The highest BCUT2D eigenvalue weighted by atomic mass is 16.5. The zero-order valence-corrected chi connectivity index (χ0v) is 15.3. The van der Waals surface area contributed by atoms with Crippen molar-refractivity contribution in [1.29, 1.82) is 0 Å². The Balaban J connectivity index is 1.64. The van der Waals surface area contributed by atoms with Crippen molar-refractivity contribution < 1.29 is 4.74 Å². The Labute approximate surface area is 146 Å². The molecule has 5 heteroatoms. The van der Waals surface area contributed by atoms with Crippen LogP contribution in [0.4, 0.5) is 0 Å². The van der Waals surface area contributed by atoms with Crippen LogP contribution in [0.3, 0.4) is 0 Å². The molecule has 0 bridgehead atoms. The van der Waals surface area contributed by atoms with Gasteiger partial charge in [0, 0.05) is 26.7 Å². The fraction of sp³-hybridized carbons (Fsp3) is 0.632. The molecule has 1 saturated heterocycles. The molecule has 1 fully saturated rings. The highest BCUT2D eigenvalue weighted by Gasteiger charge is 2.14. The average Bonchev–Trinajstić information content (AvgIpc) is 3.11. The van der Waals surface area contributed by atoms with Crippen LogP contribution in [0.25, 0.3) is 0 Å². The van der Waals surface area contributed by atoms with Gasteiger partial charge in [0.2, 0.25) is 0 Å². The molecule has 1 atom stereocenters. The van der Waals surface area contributed by atoms with E-state index in [1.807, 2.05) is 19.2 Å². The predicted molar refractivity (Wildman–Crippen MR) is 101 cm³/mol. The van der Waals surface area contributed by atoms with E-state index in [2.05, 4.69) is 39.6 Å². The van der Waals surface area contributed by atoms with E-state index in [0.29, 0.717) is 5.92 Å². The lowest BCUT2D eigenvalue weighted by Gasteiger charge is -2.21. The van der Waals surface area contributed by atoms with Gasteiger partial charge in [-0.1, -0.05) is 19.1 Å². The second-order valence-electron chi connectivity index (χ2n) is 6.59. The first-order valence-electron chi connectivity index (χ1n) is 9.01. The van der Waals surface area contributed by atoms with E-state index in [0.717, 1.165) is 31.2 Å². The first-order chi connectivity index (χ1) is 11.7. The third kappa shape index (κ3) is 6.40. The molecule has 24 heavy (non-hydrogen) atoms. The lowest BCUT2D eigenvalue weighted by Crippen LogP contribution is -2.42. The van der Waals surface area contributed by atoms with Gasteiger partial charge in [-0.15, -0.1) is 0 Å². The van der Waals surface area contributed by atoms with Crippen LogP contribution in [-0.4, -0.2) is 57.7 Å². The summed E-state index contributed by atoms with van der Waals surface area (Å²) in [5.74, 6) is 2.41. The molecule has 0 aliphatic carbocycles. The van der Waals surface area contributed by atoms with Gasteiger partial charge in [0.25, 0.3) is 0 Å². The Bertz CT molecular complexity index is 495. The van der Waals surface area contributed by atoms with Crippen molar-refractivity contribution in [2.24, 2.45) is 10.9 Å². The van der Waals surface area contributed by atoms with Crippen molar-refractivity contribution >= 4 is 5.96 Å². The van der Waals surface area contributed by atoms with Gasteiger partial charge in [0.05, 0.1) is 7.11 Å². The molecule has 0 aromatic heterocycles. The van der Waals surface area contributed by atoms with E-state index in [1.165, 1.54) is 38.0 Å². The summed E-state index contributed by atoms with van der Waals surface area (Å²) in [5, 5.41) is 6.83. The second-order valence-corrected chi connectivity index (χ2v) is 6.59. The summed E-state index contributed by atoms with van der Waals surface area (Å²) in [6.07, 6.45) is 3.68. The van der Waals surface area contributed by atoms with Crippen molar-refractivity contribution in [2.75, 3.05) is 46.9 Å². The number of rotatable bonds is 8. The normalized spacial score (nSPS) is 16.9. The van der Waals surface area contributed by atoms with Crippen LogP contribution < -0.4 is 15.4 Å². The van der Waals surface area contributed by atoms with E-state index in [9.17, 15) is 0 Å². The van der Waals surface area contributed by atoms with Crippen LogP contribution in [0.15, 0.2) is 29.3 Å². The summed E-state index contributed by atoms with van der Waals surface area (Å²) in [5.41, 5.74) is 1.29. The number of nitrogens with one attached hydrogen (secondary N) is 2. The first kappa shape index (κ1) is 18.6. The summed E-state index contributed by atoms with van der Waals surface area (Å²) >= 11 is 0. The van der Waals surface area contributed by atoms with Crippen LogP contribution in [-0.2, 0) is 6.42 Å². The number of hydrogen-bond donors (Lipinski definition) is 2. The fourth-order valence-corrected chi connectivity index (χ4v) is 3.08. The molecule has 1 aliphatic heterocycles. The topological polar surface area (TPSA) is 48.9 Å². The summed E-state index contributed by atoms with van der Waals surface area (Å²) in [4.78, 5) is 6.87. The van der Waals surface area contributed by atoms with Crippen LogP contribution in [0.5, 0.6) is 5.75 Å². The standard InChI is InChI=1S/C19H32N4O/c1-16(15-23-12-4-5-13-23)14-22-19(20-2)21-11-10-17-6-8-18(24-3)9-7-17/h6-9,16H,4-5,10-15H2,1-3H3,(H2,20,21,22). The molecule has 2 N–H and O–H groups in total. The number of likely N-dealkylation sites (tertiary alicyclic amines) is 1. The minimum absolute atomic E-state index is 0.628. The van der Waals surface area contributed by atoms with Gasteiger partial charge in [-0.25, -0.2) is 0 Å². The molecular formula is C19H32N4O. The van der Waals surface area contributed by atoms with Gasteiger partial charge in [0.1, 0.15) is 5.75 Å². The van der Waals surface area contributed by atoms with E-state index in [4.69, 9.17) is 4.74 Å². The fourth-order valence-electron chi connectivity index (χ4n) is 3.08. The molecule has 0 saturated carbocycles. The van der Waals surface area contributed by atoms with Crippen molar-refractivity contribution in [2.45, 2.75) is 26.2 Å². The third-order valence-electron chi connectivity index (χ3n) is 4.48. The summed E-state index contributed by atoms with van der Waals surface area (Å²) in [7, 11) is 3.52. The number of hydrogen-bond acceptors (Lipinski definition) is 3. The predicted octanol–water partition coefficient (Wildman–Crippen LogP) is 2.13. The molecule has 2 rings (SSSR count). The van der Waals surface area contributed by atoms with Crippen LogP contribution >= 0.6 is 0 Å². The molecule has 0 spiro atoms. The number of nitrogens with zero attached hydrogens (tertiary/aromatic N) is 2. The maximum atomic E-state index is 5.18. The van der Waals surface area contributed by atoms with E-state index in [1.54, 1.807) is 7.11 Å². The Morgan fingerprint density at radius 1 is 1.21 bits per heavy atom. The molecule has 0 amide bonds. The molecule has 1 aromatic rings. The SMILES string of the molecule is CN=C(NCCc1ccc(OC)cc1)NCC(C)CN1CCCC1. The Hall–Kier alpha value is -1.75. The first-order valence-corrected chi connectivity index (χ1v) is 9.01. The zero-order chi connectivity index (χ0) is 17.2. The van der Waals surface area contributed by atoms with Gasteiger partial charge < -0.3 is 20.3 Å². The van der Waals surface area contributed by atoms with Gasteiger partial charge >= 0.3 is 0 Å². The lowest BCUT2D eigenvalue weighted by molar-refractivity contribution is 0.287. The number of methoxy groups -OCH3 is 1.